The van der Waals surface area contributed by atoms with Gasteiger partial charge in [-0.05, 0) is 25.0 Å². The van der Waals surface area contributed by atoms with Crippen LogP contribution in [0.15, 0.2) is 0 Å². The Hall–Kier alpha value is -0.260. The molecule has 1 atom stereocenters. The number of hydrogen-bond donors (Lipinski definition) is 0. The van der Waals surface area contributed by atoms with Crippen molar-refractivity contribution < 1.29 is 9.53 Å². The van der Waals surface area contributed by atoms with Gasteiger partial charge in [-0.3, -0.25) is 9.69 Å². The molecule has 3 aliphatic rings. The molecule has 3 rings (SSSR count). The molecule has 4 nitrogen and oxygen atoms in total. The van der Waals surface area contributed by atoms with Crippen LogP contribution in [0.4, 0.5) is 0 Å². The van der Waals surface area contributed by atoms with E-state index in [1.807, 2.05) is 11.8 Å². The average Bonchev–Trinajstić information content (AvgIpc) is 2.63. The van der Waals surface area contributed by atoms with Crippen LogP contribution in [0, 0.1) is 5.92 Å². The van der Waals surface area contributed by atoms with Crippen LogP contribution in [0.25, 0.3) is 0 Å². The van der Waals surface area contributed by atoms with Gasteiger partial charge >= 0.3 is 0 Å². The Balaban J connectivity index is 1.61. The van der Waals surface area contributed by atoms with E-state index in [4.69, 9.17) is 4.74 Å². The molecule has 0 N–H and O–H groups in total. The Morgan fingerprint density at radius 2 is 1.95 bits per heavy atom. The van der Waals surface area contributed by atoms with E-state index in [1.165, 1.54) is 12.2 Å². The Morgan fingerprint density at radius 1 is 1.15 bits per heavy atom. The standard InChI is InChI=1S/C15H26N2O2S/c18-15(13-3-1-4-13)17-5-2-10-20-12-14(17)11-16-6-8-19-9-7-16/h13-14H,1-12H2. The quantitative estimate of drug-likeness (QED) is 0.789. The first-order valence-corrected chi connectivity index (χ1v) is 9.18. The molecule has 2 saturated heterocycles. The van der Waals surface area contributed by atoms with E-state index in [-0.39, 0.29) is 0 Å². The predicted octanol–water partition coefficient (Wildman–Crippen LogP) is 1.45. The third kappa shape index (κ3) is 3.49. The van der Waals surface area contributed by atoms with Crippen molar-refractivity contribution >= 4 is 17.7 Å². The minimum Gasteiger partial charge on any atom is -0.379 e. The van der Waals surface area contributed by atoms with E-state index < -0.39 is 0 Å². The minimum absolute atomic E-state index is 0.338. The number of carbonyl (C=O) groups excluding carboxylic acids is 1. The number of thioether (sulfide) groups is 1. The molecule has 0 bridgehead atoms. The lowest BCUT2D eigenvalue weighted by molar-refractivity contribution is -0.140. The van der Waals surface area contributed by atoms with Crippen LogP contribution in [0.5, 0.6) is 0 Å². The van der Waals surface area contributed by atoms with Crippen molar-refractivity contribution in [1.82, 2.24) is 9.80 Å². The summed E-state index contributed by atoms with van der Waals surface area (Å²) in [4.78, 5) is 17.4. The first-order valence-electron chi connectivity index (χ1n) is 8.03. The molecule has 0 aromatic heterocycles. The second-order valence-corrected chi connectivity index (χ2v) is 7.30. The second kappa shape index (κ2) is 7.14. The van der Waals surface area contributed by atoms with Crippen LogP contribution in [0.3, 0.4) is 0 Å². The van der Waals surface area contributed by atoms with Crippen LogP contribution in [-0.2, 0) is 9.53 Å². The minimum atomic E-state index is 0.338. The summed E-state index contributed by atoms with van der Waals surface area (Å²) in [5.74, 6) is 3.09. The highest BCUT2D eigenvalue weighted by atomic mass is 32.2. The second-order valence-electron chi connectivity index (χ2n) is 6.15. The zero-order chi connectivity index (χ0) is 13.8. The van der Waals surface area contributed by atoms with Gasteiger partial charge in [0.05, 0.1) is 19.3 Å². The Bertz CT molecular complexity index is 330. The number of hydrogen-bond acceptors (Lipinski definition) is 4. The lowest BCUT2D eigenvalue weighted by Crippen LogP contribution is -2.52. The van der Waals surface area contributed by atoms with Crippen molar-refractivity contribution in [2.45, 2.75) is 31.7 Å². The van der Waals surface area contributed by atoms with Crippen molar-refractivity contribution in [2.75, 3.05) is 50.9 Å². The Kier molecular flexibility index (Phi) is 5.24. The predicted molar refractivity (Wildman–Crippen MR) is 82.0 cm³/mol. The van der Waals surface area contributed by atoms with Gasteiger partial charge in [0.2, 0.25) is 5.91 Å². The van der Waals surface area contributed by atoms with Crippen molar-refractivity contribution in [3.8, 4) is 0 Å². The maximum Gasteiger partial charge on any atom is 0.226 e. The summed E-state index contributed by atoms with van der Waals surface area (Å²) in [6.07, 6.45) is 4.63. The van der Waals surface area contributed by atoms with Gasteiger partial charge in [-0.1, -0.05) is 6.42 Å². The molecule has 1 aliphatic carbocycles. The third-order valence-electron chi connectivity index (χ3n) is 4.75. The number of morpholine rings is 1. The molecule has 0 aromatic rings. The topological polar surface area (TPSA) is 32.8 Å². The van der Waals surface area contributed by atoms with Crippen LogP contribution >= 0.6 is 11.8 Å². The molecule has 20 heavy (non-hydrogen) atoms. The molecule has 1 unspecified atom stereocenters. The number of rotatable bonds is 3. The van der Waals surface area contributed by atoms with Crippen LogP contribution in [0.1, 0.15) is 25.7 Å². The molecular weight excluding hydrogens is 272 g/mol. The Labute approximate surface area is 126 Å². The molecule has 0 radical (unpaired) electrons. The monoisotopic (exact) mass is 298 g/mol. The molecule has 2 aliphatic heterocycles. The lowest BCUT2D eigenvalue weighted by Gasteiger charge is -2.38. The number of ether oxygens (including phenoxy) is 1. The van der Waals surface area contributed by atoms with Gasteiger partial charge in [-0.2, -0.15) is 11.8 Å². The van der Waals surface area contributed by atoms with E-state index in [2.05, 4.69) is 9.80 Å². The van der Waals surface area contributed by atoms with Crippen molar-refractivity contribution in [3.05, 3.63) is 0 Å². The maximum absolute atomic E-state index is 12.7. The average molecular weight is 298 g/mol. The first-order chi connectivity index (χ1) is 9.84. The fraction of sp³-hybridized carbons (Fsp3) is 0.933. The van der Waals surface area contributed by atoms with Gasteiger partial charge in [0.1, 0.15) is 0 Å². The van der Waals surface area contributed by atoms with E-state index in [9.17, 15) is 4.79 Å². The SMILES string of the molecule is O=C(C1CCC1)N1CCCSCC1CN1CCOCC1. The van der Waals surface area contributed by atoms with Gasteiger partial charge in [0.25, 0.3) is 0 Å². The summed E-state index contributed by atoms with van der Waals surface area (Å²) < 4.78 is 5.43. The smallest absolute Gasteiger partial charge is 0.226 e. The summed E-state index contributed by atoms with van der Waals surface area (Å²) in [6.45, 7) is 5.73. The number of nitrogens with zero attached hydrogens (tertiary/aromatic N) is 2. The van der Waals surface area contributed by atoms with Gasteiger partial charge in [-0.15, -0.1) is 0 Å². The van der Waals surface area contributed by atoms with E-state index >= 15 is 0 Å². The van der Waals surface area contributed by atoms with Gasteiger partial charge in [0, 0.05) is 37.8 Å². The summed E-state index contributed by atoms with van der Waals surface area (Å²) in [6, 6.07) is 0.411. The largest absolute Gasteiger partial charge is 0.379 e. The van der Waals surface area contributed by atoms with Crippen molar-refractivity contribution in [2.24, 2.45) is 5.92 Å². The summed E-state index contributed by atoms with van der Waals surface area (Å²) >= 11 is 2.02. The molecule has 5 heteroatoms. The zero-order valence-electron chi connectivity index (χ0n) is 12.3. The van der Waals surface area contributed by atoms with Crippen LogP contribution in [-0.4, -0.2) is 72.6 Å². The zero-order valence-corrected chi connectivity index (χ0v) is 13.1. The fourth-order valence-electron chi connectivity index (χ4n) is 3.24. The molecule has 114 valence electrons. The third-order valence-corrected chi connectivity index (χ3v) is 5.95. The highest BCUT2D eigenvalue weighted by Crippen LogP contribution is 2.30. The van der Waals surface area contributed by atoms with E-state index in [0.717, 1.165) is 64.4 Å². The lowest BCUT2D eigenvalue weighted by atomic mass is 9.84. The van der Waals surface area contributed by atoms with Gasteiger partial charge in [-0.25, -0.2) is 0 Å². The summed E-state index contributed by atoms with van der Waals surface area (Å²) in [5.41, 5.74) is 0. The van der Waals surface area contributed by atoms with Gasteiger partial charge < -0.3 is 9.64 Å². The molecule has 0 aromatic carbocycles. The number of carbonyl (C=O) groups is 1. The molecular formula is C15H26N2O2S. The highest BCUT2D eigenvalue weighted by molar-refractivity contribution is 7.99. The van der Waals surface area contributed by atoms with Crippen molar-refractivity contribution in [1.29, 1.82) is 0 Å². The molecule has 3 fully saturated rings. The van der Waals surface area contributed by atoms with Gasteiger partial charge in [0.15, 0.2) is 0 Å². The maximum atomic E-state index is 12.7. The summed E-state index contributed by atoms with van der Waals surface area (Å²) in [7, 11) is 0. The molecule has 1 saturated carbocycles. The molecule has 1 amide bonds. The highest BCUT2D eigenvalue weighted by Gasteiger charge is 2.34. The normalized spacial score (nSPS) is 29.8. The number of amides is 1. The fourth-order valence-corrected chi connectivity index (χ4v) is 4.30. The molecule has 2 heterocycles. The van der Waals surface area contributed by atoms with E-state index in [0.29, 0.717) is 17.9 Å². The van der Waals surface area contributed by atoms with Crippen molar-refractivity contribution in [3.63, 3.8) is 0 Å². The molecule has 0 spiro atoms. The Morgan fingerprint density at radius 3 is 2.65 bits per heavy atom. The van der Waals surface area contributed by atoms with Crippen LogP contribution in [0.2, 0.25) is 0 Å². The van der Waals surface area contributed by atoms with Crippen LogP contribution < -0.4 is 0 Å². The first kappa shape index (κ1) is 14.7. The van der Waals surface area contributed by atoms with E-state index in [1.54, 1.807) is 0 Å². The summed E-state index contributed by atoms with van der Waals surface area (Å²) in [5, 5.41) is 0.